The van der Waals surface area contributed by atoms with E-state index >= 15 is 0 Å². The predicted octanol–water partition coefficient (Wildman–Crippen LogP) is 2.27. The first-order valence-electron chi connectivity index (χ1n) is 6.24. The molecule has 1 aromatic heterocycles. The number of aromatic nitrogens is 2. The minimum atomic E-state index is -0.174. The van der Waals surface area contributed by atoms with Gasteiger partial charge < -0.3 is 14.8 Å². The monoisotopic (exact) mass is 253 g/mol. The average Bonchev–Trinajstić information content (AvgIpc) is 2.38. The van der Waals surface area contributed by atoms with Crippen molar-refractivity contribution < 1.29 is 9.47 Å². The summed E-state index contributed by atoms with van der Waals surface area (Å²) >= 11 is 0. The van der Waals surface area contributed by atoms with Crippen LogP contribution in [0.25, 0.3) is 0 Å². The van der Waals surface area contributed by atoms with E-state index in [1.807, 2.05) is 27.8 Å². The van der Waals surface area contributed by atoms with Gasteiger partial charge in [-0.2, -0.15) is 4.98 Å². The highest BCUT2D eigenvalue weighted by molar-refractivity contribution is 5.37. The average molecular weight is 253 g/mol. The summed E-state index contributed by atoms with van der Waals surface area (Å²) in [5, 5.41) is 3.00. The Labute approximate surface area is 109 Å². The van der Waals surface area contributed by atoms with E-state index in [1.54, 1.807) is 13.2 Å². The first-order chi connectivity index (χ1) is 8.50. The van der Waals surface area contributed by atoms with Crippen LogP contribution in [0, 0.1) is 0 Å². The first-order valence-corrected chi connectivity index (χ1v) is 6.24. The molecule has 0 atom stereocenters. The van der Waals surface area contributed by atoms with Crippen LogP contribution in [-0.2, 0) is 11.2 Å². The molecule has 0 bridgehead atoms. The molecular formula is C13H23N3O2. The maximum atomic E-state index is 5.66. The summed E-state index contributed by atoms with van der Waals surface area (Å²) < 4.78 is 11.0. The Morgan fingerprint density at radius 2 is 2.06 bits per heavy atom. The smallest absolute Gasteiger partial charge is 0.218 e. The number of rotatable bonds is 7. The molecule has 5 heteroatoms. The van der Waals surface area contributed by atoms with Gasteiger partial charge in [0.15, 0.2) is 0 Å². The Hall–Kier alpha value is -1.36. The normalized spacial score (nSPS) is 11.4. The Morgan fingerprint density at radius 1 is 1.33 bits per heavy atom. The highest BCUT2D eigenvalue weighted by Crippen LogP contribution is 2.16. The number of hydrogen-bond donors (Lipinski definition) is 1. The van der Waals surface area contributed by atoms with Crippen LogP contribution >= 0.6 is 0 Å². The summed E-state index contributed by atoms with van der Waals surface area (Å²) in [4.78, 5) is 8.65. The second-order valence-corrected chi connectivity index (χ2v) is 4.67. The molecule has 0 amide bonds. The van der Waals surface area contributed by atoms with E-state index in [2.05, 4.69) is 15.3 Å². The lowest BCUT2D eigenvalue weighted by molar-refractivity contribution is 0.00507. The number of nitrogens with zero attached hydrogens (tertiary/aromatic N) is 2. The number of aryl methyl sites for hydroxylation is 1. The molecule has 102 valence electrons. The van der Waals surface area contributed by atoms with Gasteiger partial charge in [0, 0.05) is 33.1 Å². The molecule has 0 aliphatic rings. The minimum absolute atomic E-state index is 0.174. The van der Waals surface area contributed by atoms with Crippen LogP contribution in [-0.4, -0.2) is 36.3 Å². The lowest BCUT2D eigenvalue weighted by atomic mass is 10.1. The van der Waals surface area contributed by atoms with Crippen molar-refractivity contribution in [1.29, 1.82) is 0 Å². The standard InChI is InChI=1S/C13H23N3O2/c1-6-10-15-11(14-4)9-12(16-10)18-8-7-13(2,3)17-5/h9H,6-8H2,1-5H3,(H,14,15,16). The van der Waals surface area contributed by atoms with E-state index in [-0.39, 0.29) is 5.60 Å². The van der Waals surface area contributed by atoms with Gasteiger partial charge in [-0.1, -0.05) is 6.92 Å². The van der Waals surface area contributed by atoms with Crippen molar-refractivity contribution in [2.75, 3.05) is 26.1 Å². The van der Waals surface area contributed by atoms with Gasteiger partial charge in [-0.25, -0.2) is 4.98 Å². The minimum Gasteiger partial charge on any atom is -0.477 e. The van der Waals surface area contributed by atoms with Crippen molar-refractivity contribution in [1.82, 2.24) is 9.97 Å². The van der Waals surface area contributed by atoms with Crippen LogP contribution in [0.15, 0.2) is 6.07 Å². The number of ether oxygens (including phenoxy) is 2. The van der Waals surface area contributed by atoms with Gasteiger partial charge in [0.25, 0.3) is 0 Å². The third kappa shape index (κ3) is 4.49. The van der Waals surface area contributed by atoms with Gasteiger partial charge in [0.05, 0.1) is 12.2 Å². The second kappa shape index (κ2) is 6.54. The third-order valence-corrected chi connectivity index (χ3v) is 2.83. The summed E-state index contributed by atoms with van der Waals surface area (Å²) in [7, 11) is 3.54. The molecule has 1 rings (SSSR count). The molecule has 0 saturated carbocycles. The van der Waals surface area contributed by atoms with Crippen molar-refractivity contribution >= 4 is 5.82 Å². The molecule has 1 heterocycles. The van der Waals surface area contributed by atoms with Gasteiger partial charge in [0.2, 0.25) is 5.88 Å². The van der Waals surface area contributed by atoms with E-state index in [0.717, 1.165) is 24.5 Å². The molecule has 1 N–H and O–H groups in total. The molecule has 0 fully saturated rings. The molecule has 0 spiro atoms. The van der Waals surface area contributed by atoms with Gasteiger partial charge in [-0.3, -0.25) is 0 Å². The summed E-state index contributed by atoms with van der Waals surface area (Å²) in [5.41, 5.74) is -0.174. The van der Waals surface area contributed by atoms with Crippen LogP contribution in [0.4, 0.5) is 5.82 Å². The fourth-order valence-corrected chi connectivity index (χ4v) is 1.34. The topological polar surface area (TPSA) is 56.3 Å². The quantitative estimate of drug-likeness (QED) is 0.808. The first kappa shape index (κ1) is 14.7. The van der Waals surface area contributed by atoms with Crippen LogP contribution in [0.1, 0.15) is 33.0 Å². The number of methoxy groups -OCH3 is 1. The summed E-state index contributed by atoms with van der Waals surface area (Å²) in [6.07, 6.45) is 1.60. The third-order valence-electron chi connectivity index (χ3n) is 2.83. The molecule has 0 aromatic carbocycles. The molecule has 18 heavy (non-hydrogen) atoms. The Morgan fingerprint density at radius 3 is 2.61 bits per heavy atom. The lowest BCUT2D eigenvalue weighted by Gasteiger charge is -2.22. The van der Waals surface area contributed by atoms with E-state index in [0.29, 0.717) is 12.5 Å². The molecule has 1 aromatic rings. The molecular weight excluding hydrogens is 230 g/mol. The van der Waals surface area contributed by atoms with E-state index < -0.39 is 0 Å². The van der Waals surface area contributed by atoms with Gasteiger partial charge in [-0.15, -0.1) is 0 Å². The van der Waals surface area contributed by atoms with Crippen LogP contribution in [0.3, 0.4) is 0 Å². The van der Waals surface area contributed by atoms with Crippen molar-refractivity contribution in [3.05, 3.63) is 11.9 Å². The summed E-state index contributed by atoms with van der Waals surface area (Å²) in [6, 6.07) is 1.80. The summed E-state index contributed by atoms with van der Waals surface area (Å²) in [5.74, 6) is 2.17. The largest absolute Gasteiger partial charge is 0.477 e. The van der Waals surface area contributed by atoms with E-state index in [4.69, 9.17) is 9.47 Å². The SMILES string of the molecule is CCc1nc(NC)cc(OCCC(C)(C)OC)n1. The van der Waals surface area contributed by atoms with Crippen molar-refractivity contribution in [3.63, 3.8) is 0 Å². The maximum absolute atomic E-state index is 5.66. The van der Waals surface area contributed by atoms with Gasteiger partial charge in [0.1, 0.15) is 11.6 Å². The molecule has 0 saturated heterocycles. The summed E-state index contributed by atoms with van der Waals surface area (Å²) in [6.45, 7) is 6.66. The van der Waals surface area contributed by atoms with Gasteiger partial charge in [-0.05, 0) is 13.8 Å². The second-order valence-electron chi connectivity index (χ2n) is 4.67. The van der Waals surface area contributed by atoms with E-state index in [9.17, 15) is 0 Å². The fourth-order valence-electron chi connectivity index (χ4n) is 1.34. The Balaban J connectivity index is 2.61. The lowest BCUT2D eigenvalue weighted by Crippen LogP contribution is -2.25. The molecule has 0 aliphatic heterocycles. The highest BCUT2D eigenvalue weighted by Gasteiger charge is 2.16. The van der Waals surface area contributed by atoms with Crippen LogP contribution in [0.5, 0.6) is 5.88 Å². The fraction of sp³-hybridized carbons (Fsp3) is 0.692. The van der Waals surface area contributed by atoms with Crippen molar-refractivity contribution in [2.45, 2.75) is 39.2 Å². The highest BCUT2D eigenvalue weighted by atomic mass is 16.5. The maximum Gasteiger partial charge on any atom is 0.218 e. The molecule has 5 nitrogen and oxygen atoms in total. The zero-order valence-electron chi connectivity index (χ0n) is 11.9. The number of hydrogen-bond acceptors (Lipinski definition) is 5. The van der Waals surface area contributed by atoms with Gasteiger partial charge >= 0.3 is 0 Å². The zero-order chi connectivity index (χ0) is 13.6. The predicted molar refractivity (Wildman–Crippen MR) is 72.2 cm³/mol. The number of nitrogens with one attached hydrogen (secondary N) is 1. The van der Waals surface area contributed by atoms with Crippen LogP contribution in [0.2, 0.25) is 0 Å². The Bertz CT molecular complexity index is 358. The number of anilines is 1. The molecule has 0 radical (unpaired) electrons. The molecule has 0 aliphatic carbocycles. The van der Waals surface area contributed by atoms with Crippen LogP contribution < -0.4 is 10.1 Å². The van der Waals surface area contributed by atoms with Crippen molar-refractivity contribution in [2.24, 2.45) is 0 Å². The molecule has 0 unspecified atom stereocenters. The Kier molecular flexibility index (Phi) is 5.34. The van der Waals surface area contributed by atoms with E-state index in [1.165, 1.54) is 0 Å². The zero-order valence-corrected chi connectivity index (χ0v) is 11.9. The van der Waals surface area contributed by atoms with Crippen molar-refractivity contribution in [3.8, 4) is 5.88 Å².